The summed E-state index contributed by atoms with van der Waals surface area (Å²) in [6, 6.07) is 6.13. The van der Waals surface area contributed by atoms with Gasteiger partial charge in [-0.15, -0.1) is 0 Å². The Morgan fingerprint density at radius 2 is 2.21 bits per heavy atom. The van der Waals surface area contributed by atoms with Crippen molar-refractivity contribution in [2.75, 3.05) is 14.2 Å². The van der Waals surface area contributed by atoms with Crippen LogP contribution in [0.2, 0.25) is 0 Å². The molecule has 19 heavy (non-hydrogen) atoms. The topological polar surface area (TPSA) is 43.3 Å². The Hall–Kier alpha value is -1.97. The molecule has 0 fully saturated rings. The summed E-state index contributed by atoms with van der Waals surface area (Å²) in [6.45, 7) is 0. The highest BCUT2D eigenvalue weighted by atomic mass is 16.5. The molecule has 0 bridgehead atoms. The van der Waals surface area contributed by atoms with E-state index < -0.39 is 0 Å². The molecule has 0 saturated heterocycles. The molecular weight excluding hydrogens is 240 g/mol. The lowest BCUT2D eigenvalue weighted by Crippen LogP contribution is -2.27. The second kappa shape index (κ2) is 4.30. The number of hydrogen-bond acceptors (Lipinski definition) is 2. The first-order chi connectivity index (χ1) is 9.15. The van der Waals surface area contributed by atoms with Crippen LogP contribution >= 0.6 is 0 Å². The molecule has 1 aromatic heterocycles. The van der Waals surface area contributed by atoms with Crippen LogP contribution in [0.1, 0.15) is 11.3 Å². The van der Waals surface area contributed by atoms with Gasteiger partial charge in [0, 0.05) is 36.6 Å². The number of hydrogen-bond donors (Lipinski definition) is 1. The number of benzene rings is 1. The second-order valence-electron chi connectivity index (χ2n) is 5.09. The van der Waals surface area contributed by atoms with Crippen LogP contribution in [-0.4, -0.2) is 24.6 Å². The van der Waals surface area contributed by atoms with Gasteiger partial charge in [0.2, 0.25) is 5.91 Å². The molecule has 1 heterocycles. The molecule has 1 aliphatic carbocycles. The largest absolute Gasteiger partial charge is 0.497 e. The highest BCUT2D eigenvalue weighted by Crippen LogP contribution is 2.36. The molecule has 4 nitrogen and oxygen atoms in total. The summed E-state index contributed by atoms with van der Waals surface area (Å²) >= 11 is 0. The van der Waals surface area contributed by atoms with Crippen LogP contribution in [0.25, 0.3) is 10.9 Å². The van der Waals surface area contributed by atoms with Gasteiger partial charge in [0.05, 0.1) is 7.11 Å². The first-order valence-electron chi connectivity index (χ1n) is 6.51. The lowest BCUT2D eigenvalue weighted by molar-refractivity contribution is -0.124. The number of amides is 1. The average Bonchev–Trinajstić information content (AvgIpc) is 2.98. The first-order valence-corrected chi connectivity index (χ1v) is 6.51. The van der Waals surface area contributed by atoms with E-state index in [9.17, 15) is 4.79 Å². The molecule has 1 aliphatic rings. The quantitative estimate of drug-likeness (QED) is 0.890. The third kappa shape index (κ3) is 1.70. The lowest BCUT2D eigenvalue weighted by Gasteiger charge is -2.09. The van der Waals surface area contributed by atoms with Gasteiger partial charge in [-0.3, -0.25) is 4.79 Å². The van der Waals surface area contributed by atoms with E-state index in [0.717, 1.165) is 18.6 Å². The highest BCUT2D eigenvalue weighted by molar-refractivity contribution is 5.89. The van der Waals surface area contributed by atoms with Crippen molar-refractivity contribution in [3.8, 4) is 5.75 Å². The molecule has 0 saturated carbocycles. The third-order valence-corrected chi connectivity index (χ3v) is 4.15. The average molecular weight is 258 g/mol. The number of aryl methyl sites for hydroxylation is 1. The Kier molecular flexibility index (Phi) is 2.73. The Bertz CT molecular complexity index is 658. The molecule has 0 radical (unpaired) electrons. The third-order valence-electron chi connectivity index (χ3n) is 4.15. The SMILES string of the molecule is CNC(=O)C1Cc2c(n(C)c3ccc(OC)cc23)C1. The van der Waals surface area contributed by atoms with Crippen molar-refractivity contribution in [2.24, 2.45) is 13.0 Å². The fourth-order valence-corrected chi connectivity index (χ4v) is 3.11. The summed E-state index contributed by atoms with van der Waals surface area (Å²) in [4.78, 5) is 11.8. The minimum Gasteiger partial charge on any atom is -0.497 e. The molecule has 1 amide bonds. The van der Waals surface area contributed by atoms with Gasteiger partial charge in [0.25, 0.3) is 0 Å². The van der Waals surface area contributed by atoms with Crippen molar-refractivity contribution in [1.82, 2.24) is 9.88 Å². The van der Waals surface area contributed by atoms with Crippen molar-refractivity contribution in [1.29, 1.82) is 0 Å². The van der Waals surface area contributed by atoms with Crippen LogP contribution in [0, 0.1) is 5.92 Å². The Morgan fingerprint density at radius 3 is 2.89 bits per heavy atom. The molecular formula is C15H18N2O2. The van der Waals surface area contributed by atoms with Gasteiger partial charge in [-0.2, -0.15) is 0 Å². The van der Waals surface area contributed by atoms with Crippen molar-refractivity contribution >= 4 is 16.8 Å². The predicted molar refractivity (Wildman–Crippen MR) is 74.4 cm³/mol. The molecule has 100 valence electrons. The van der Waals surface area contributed by atoms with Gasteiger partial charge in [-0.25, -0.2) is 0 Å². The molecule has 0 spiro atoms. The van der Waals surface area contributed by atoms with Crippen LogP contribution < -0.4 is 10.1 Å². The maximum Gasteiger partial charge on any atom is 0.223 e. The zero-order chi connectivity index (χ0) is 13.6. The summed E-state index contributed by atoms with van der Waals surface area (Å²) in [6.07, 6.45) is 1.64. The first kappa shape index (κ1) is 12.1. The van der Waals surface area contributed by atoms with Crippen molar-refractivity contribution < 1.29 is 9.53 Å². The standard InChI is InChI=1S/C15H18N2O2/c1-16-15(18)9-6-11-12-8-10(19-3)4-5-13(12)17(2)14(11)7-9/h4-5,8-9H,6-7H2,1-3H3,(H,16,18). The van der Waals surface area contributed by atoms with E-state index in [1.165, 1.54) is 22.2 Å². The summed E-state index contributed by atoms with van der Waals surface area (Å²) < 4.78 is 7.50. The van der Waals surface area contributed by atoms with Gasteiger partial charge < -0.3 is 14.6 Å². The van der Waals surface area contributed by atoms with E-state index >= 15 is 0 Å². The van der Waals surface area contributed by atoms with E-state index in [-0.39, 0.29) is 11.8 Å². The van der Waals surface area contributed by atoms with E-state index in [2.05, 4.69) is 29.1 Å². The maximum atomic E-state index is 11.8. The summed E-state index contributed by atoms with van der Waals surface area (Å²) in [7, 11) is 5.45. The van der Waals surface area contributed by atoms with Gasteiger partial charge in [-0.05, 0) is 36.6 Å². The summed E-state index contributed by atoms with van der Waals surface area (Å²) in [5.74, 6) is 1.06. The van der Waals surface area contributed by atoms with Gasteiger partial charge in [0.15, 0.2) is 0 Å². The minimum atomic E-state index is 0.0665. The van der Waals surface area contributed by atoms with E-state index in [4.69, 9.17) is 4.74 Å². The number of fused-ring (bicyclic) bond motifs is 3. The number of aromatic nitrogens is 1. The molecule has 2 aromatic rings. The van der Waals surface area contributed by atoms with Crippen LogP contribution in [-0.2, 0) is 24.7 Å². The lowest BCUT2D eigenvalue weighted by atomic mass is 10.0. The number of carbonyl (C=O) groups excluding carboxylic acids is 1. The monoisotopic (exact) mass is 258 g/mol. The van der Waals surface area contributed by atoms with Crippen LogP contribution in [0.4, 0.5) is 0 Å². The van der Waals surface area contributed by atoms with Crippen LogP contribution in [0.15, 0.2) is 18.2 Å². The molecule has 1 aromatic carbocycles. The minimum absolute atomic E-state index is 0.0665. The number of ether oxygens (including phenoxy) is 1. The highest BCUT2D eigenvalue weighted by Gasteiger charge is 2.31. The molecule has 3 rings (SSSR count). The van der Waals surface area contributed by atoms with Crippen molar-refractivity contribution in [3.05, 3.63) is 29.5 Å². The van der Waals surface area contributed by atoms with Crippen molar-refractivity contribution in [3.63, 3.8) is 0 Å². The Labute approximate surface area is 112 Å². The van der Waals surface area contributed by atoms with Gasteiger partial charge in [0.1, 0.15) is 5.75 Å². The Balaban J connectivity index is 2.10. The summed E-state index contributed by atoms with van der Waals surface area (Å²) in [5.41, 5.74) is 3.78. The molecule has 1 atom stereocenters. The predicted octanol–water partition coefficient (Wildman–Crippen LogP) is 1.65. The van der Waals surface area contributed by atoms with Gasteiger partial charge >= 0.3 is 0 Å². The number of carbonyl (C=O) groups is 1. The zero-order valence-electron chi connectivity index (χ0n) is 11.5. The zero-order valence-corrected chi connectivity index (χ0v) is 11.5. The van der Waals surface area contributed by atoms with Gasteiger partial charge in [-0.1, -0.05) is 0 Å². The molecule has 1 N–H and O–H groups in total. The molecule has 1 unspecified atom stereocenters. The van der Waals surface area contributed by atoms with E-state index in [1.54, 1.807) is 14.2 Å². The van der Waals surface area contributed by atoms with Crippen LogP contribution in [0.5, 0.6) is 5.75 Å². The molecule has 0 aliphatic heterocycles. The normalized spacial score (nSPS) is 17.5. The number of nitrogens with zero attached hydrogens (tertiary/aromatic N) is 1. The second-order valence-corrected chi connectivity index (χ2v) is 5.09. The fourth-order valence-electron chi connectivity index (χ4n) is 3.11. The van der Waals surface area contributed by atoms with Crippen LogP contribution in [0.3, 0.4) is 0 Å². The number of rotatable bonds is 2. The number of methoxy groups -OCH3 is 1. The van der Waals surface area contributed by atoms with E-state index in [0.29, 0.717) is 0 Å². The molecule has 4 heteroatoms. The Morgan fingerprint density at radius 1 is 1.42 bits per heavy atom. The van der Waals surface area contributed by atoms with Crippen molar-refractivity contribution in [2.45, 2.75) is 12.8 Å². The smallest absolute Gasteiger partial charge is 0.223 e. The number of nitrogens with one attached hydrogen (secondary N) is 1. The maximum absolute atomic E-state index is 11.8. The van der Waals surface area contributed by atoms with E-state index in [1.807, 2.05) is 6.07 Å². The fraction of sp³-hybridized carbons (Fsp3) is 0.400. The summed E-state index contributed by atoms with van der Waals surface area (Å²) in [5, 5.41) is 3.96.